The molecular formula is C6H9N5O. The minimum atomic E-state index is 0.0532. The number of hydrogen-bond acceptors (Lipinski definition) is 4. The van der Waals surface area contributed by atoms with Crippen molar-refractivity contribution in [1.29, 1.82) is 0 Å². The van der Waals surface area contributed by atoms with E-state index in [0.29, 0.717) is 5.82 Å². The Balaban J connectivity index is 2.18. The molecule has 64 valence electrons. The maximum absolute atomic E-state index is 10.6. The topological polar surface area (TPSA) is 74.8 Å². The number of hydrogen-bond donors (Lipinski definition) is 1. The van der Waals surface area contributed by atoms with Crippen molar-refractivity contribution >= 4 is 6.41 Å². The molecule has 6 nitrogen and oxygen atoms in total. The van der Waals surface area contributed by atoms with Crippen LogP contribution in [0.1, 0.15) is 24.7 Å². The van der Waals surface area contributed by atoms with Gasteiger partial charge in [-0.25, -0.2) is 5.10 Å². The summed E-state index contributed by atoms with van der Waals surface area (Å²) in [6.45, 7) is 0.800. The molecule has 0 aliphatic carbocycles. The van der Waals surface area contributed by atoms with E-state index in [1.54, 1.807) is 4.90 Å². The van der Waals surface area contributed by atoms with Crippen LogP contribution in [0.3, 0.4) is 0 Å². The molecule has 0 aromatic carbocycles. The highest BCUT2D eigenvalue weighted by atomic mass is 16.1. The van der Waals surface area contributed by atoms with Crippen molar-refractivity contribution in [3.63, 3.8) is 0 Å². The molecule has 2 rings (SSSR count). The highest BCUT2D eigenvalue weighted by Gasteiger charge is 2.26. The lowest BCUT2D eigenvalue weighted by atomic mass is 10.2. The van der Waals surface area contributed by atoms with Crippen molar-refractivity contribution < 1.29 is 4.79 Å². The standard InChI is InChI=1S/C6H9N5O/c12-4-11-3-1-2-5(11)6-7-9-10-8-6/h4-5H,1-3H2,(H,7,8,9,10). The van der Waals surface area contributed by atoms with Crippen LogP contribution >= 0.6 is 0 Å². The second-order valence-corrected chi connectivity index (χ2v) is 2.79. The van der Waals surface area contributed by atoms with Crippen LogP contribution in [0.5, 0.6) is 0 Å². The van der Waals surface area contributed by atoms with Crippen molar-refractivity contribution in [1.82, 2.24) is 25.5 Å². The monoisotopic (exact) mass is 167 g/mol. The molecule has 0 saturated carbocycles. The van der Waals surface area contributed by atoms with Gasteiger partial charge in [-0.2, -0.15) is 0 Å². The van der Waals surface area contributed by atoms with E-state index in [9.17, 15) is 4.79 Å². The number of aromatic amines is 1. The van der Waals surface area contributed by atoms with Crippen LogP contribution in [-0.2, 0) is 4.79 Å². The number of likely N-dealkylation sites (tertiary alicyclic amines) is 1. The molecular weight excluding hydrogens is 158 g/mol. The number of carbonyl (C=O) groups excluding carboxylic acids is 1. The maximum Gasteiger partial charge on any atom is 0.210 e. The number of rotatable bonds is 2. The Morgan fingerprint density at radius 1 is 1.67 bits per heavy atom. The molecule has 0 bridgehead atoms. The SMILES string of the molecule is O=CN1CCCC1c1nnn[nH]1. The van der Waals surface area contributed by atoms with Crippen LogP contribution in [0, 0.1) is 0 Å². The first-order chi connectivity index (χ1) is 5.92. The average molecular weight is 167 g/mol. The van der Waals surface area contributed by atoms with E-state index in [2.05, 4.69) is 20.6 Å². The molecule has 12 heavy (non-hydrogen) atoms. The summed E-state index contributed by atoms with van der Waals surface area (Å²) in [6, 6.07) is 0.0532. The van der Waals surface area contributed by atoms with E-state index in [1.807, 2.05) is 0 Å². The maximum atomic E-state index is 10.6. The lowest BCUT2D eigenvalue weighted by Gasteiger charge is -2.15. The Kier molecular flexibility index (Phi) is 1.73. The summed E-state index contributed by atoms with van der Waals surface area (Å²) in [7, 11) is 0. The second-order valence-electron chi connectivity index (χ2n) is 2.79. The van der Waals surface area contributed by atoms with E-state index in [4.69, 9.17) is 0 Å². The number of aromatic nitrogens is 4. The van der Waals surface area contributed by atoms with Crippen molar-refractivity contribution in [2.75, 3.05) is 6.54 Å². The Morgan fingerprint density at radius 2 is 2.58 bits per heavy atom. The normalized spacial score (nSPS) is 23.0. The quantitative estimate of drug-likeness (QED) is 0.602. The fourth-order valence-corrected chi connectivity index (χ4v) is 1.52. The molecule has 1 N–H and O–H groups in total. The lowest BCUT2D eigenvalue weighted by Crippen LogP contribution is -2.22. The fourth-order valence-electron chi connectivity index (χ4n) is 1.52. The smallest absolute Gasteiger partial charge is 0.210 e. The number of H-pyrrole nitrogens is 1. The third-order valence-corrected chi connectivity index (χ3v) is 2.11. The fraction of sp³-hybridized carbons (Fsp3) is 0.667. The molecule has 1 aromatic rings. The molecule has 0 radical (unpaired) electrons. The molecule has 0 spiro atoms. The minimum absolute atomic E-state index is 0.0532. The van der Waals surface area contributed by atoms with Crippen LogP contribution < -0.4 is 0 Å². The van der Waals surface area contributed by atoms with Gasteiger partial charge < -0.3 is 4.90 Å². The van der Waals surface area contributed by atoms with Crippen molar-refractivity contribution in [3.05, 3.63) is 5.82 Å². The number of nitrogens with one attached hydrogen (secondary N) is 1. The Labute approximate surface area is 68.9 Å². The predicted octanol–water partition coefficient (Wildman–Crippen LogP) is -0.507. The zero-order chi connectivity index (χ0) is 8.39. The summed E-state index contributed by atoms with van der Waals surface area (Å²) in [6.07, 6.45) is 2.81. The zero-order valence-corrected chi connectivity index (χ0v) is 6.47. The minimum Gasteiger partial charge on any atom is -0.335 e. The molecule has 1 unspecified atom stereocenters. The molecule has 1 saturated heterocycles. The second kappa shape index (κ2) is 2.88. The Morgan fingerprint density at radius 3 is 3.25 bits per heavy atom. The van der Waals surface area contributed by atoms with E-state index in [0.717, 1.165) is 25.8 Å². The van der Waals surface area contributed by atoms with Gasteiger partial charge in [0.1, 0.15) is 0 Å². The van der Waals surface area contributed by atoms with Crippen LogP contribution in [-0.4, -0.2) is 38.5 Å². The van der Waals surface area contributed by atoms with E-state index in [1.165, 1.54) is 0 Å². The first kappa shape index (κ1) is 7.20. The third kappa shape index (κ3) is 1.05. The summed E-state index contributed by atoms with van der Waals surface area (Å²) in [5, 5.41) is 13.4. The molecule has 1 atom stereocenters. The first-order valence-electron chi connectivity index (χ1n) is 3.86. The summed E-state index contributed by atoms with van der Waals surface area (Å²) < 4.78 is 0. The summed E-state index contributed by atoms with van der Waals surface area (Å²) in [4.78, 5) is 12.3. The zero-order valence-electron chi connectivity index (χ0n) is 6.47. The molecule has 1 fully saturated rings. The highest BCUT2D eigenvalue weighted by Crippen LogP contribution is 2.26. The van der Waals surface area contributed by atoms with Gasteiger partial charge in [-0.1, -0.05) is 0 Å². The molecule has 6 heteroatoms. The van der Waals surface area contributed by atoms with Crippen molar-refractivity contribution in [3.8, 4) is 0 Å². The number of amides is 1. The highest BCUT2D eigenvalue weighted by molar-refractivity contribution is 5.48. The van der Waals surface area contributed by atoms with Gasteiger partial charge in [-0.15, -0.1) is 5.10 Å². The van der Waals surface area contributed by atoms with E-state index in [-0.39, 0.29) is 6.04 Å². The van der Waals surface area contributed by atoms with Gasteiger partial charge in [-0.05, 0) is 23.3 Å². The largest absolute Gasteiger partial charge is 0.335 e. The first-order valence-corrected chi connectivity index (χ1v) is 3.86. The van der Waals surface area contributed by atoms with Crippen LogP contribution in [0.4, 0.5) is 0 Å². The van der Waals surface area contributed by atoms with Gasteiger partial charge in [0.25, 0.3) is 0 Å². The number of carbonyl (C=O) groups is 1. The van der Waals surface area contributed by atoms with Gasteiger partial charge in [-0.3, -0.25) is 4.79 Å². The molecule has 1 aliphatic rings. The van der Waals surface area contributed by atoms with Gasteiger partial charge in [0.05, 0.1) is 6.04 Å². The summed E-state index contributed by atoms with van der Waals surface area (Å²) >= 11 is 0. The number of nitrogens with zero attached hydrogens (tertiary/aromatic N) is 4. The van der Waals surface area contributed by atoms with Crippen molar-refractivity contribution in [2.45, 2.75) is 18.9 Å². The van der Waals surface area contributed by atoms with Gasteiger partial charge in [0.2, 0.25) is 6.41 Å². The summed E-state index contributed by atoms with van der Waals surface area (Å²) in [5.41, 5.74) is 0. The average Bonchev–Trinajstić information content (AvgIpc) is 2.74. The molecule has 1 aromatic heterocycles. The van der Waals surface area contributed by atoms with Gasteiger partial charge >= 0.3 is 0 Å². The Bertz CT molecular complexity index is 259. The van der Waals surface area contributed by atoms with Crippen molar-refractivity contribution in [2.24, 2.45) is 0 Å². The molecule has 1 amide bonds. The predicted molar refractivity (Wildman–Crippen MR) is 38.9 cm³/mol. The molecule has 2 heterocycles. The van der Waals surface area contributed by atoms with Crippen LogP contribution in [0.15, 0.2) is 0 Å². The summed E-state index contributed by atoms with van der Waals surface area (Å²) in [5.74, 6) is 0.680. The van der Waals surface area contributed by atoms with E-state index < -0.39 is 0 Å². The lowest BCUT2D eigenvalue weighted by molar-refractivity contribution is -0.119. The third-order valence-electron chi connectivity index (χ3n) is 2.11. The van der Waals surface area contributed by atoms with Crippen LogP contribution in [0.2, 0.25) is 0 Å². The Hall–Kier alpha value is -1.46. The molecule has 1 aliphatic heterocycles. The van der Waals surface area contributed by atoms with Crippen LogP contribution in [0.25, 0.3) is 0 Å². The van der Waals surface area contributed by atoms with Gasteiger partial charge in [0, 0.05) is 6.54 Å². The van der Waals surface area contributed by atoms with Gasteiger partial charge in [0.15, 0.2) is 5.82 Å². The number of tetrazole rings is 1. The van der Waals surface area contributed by atoms with E-state index >= 15 is 0 Å².